The van der Waals surface area contributed by atoms with E-state index in [0.717, 1.165) is 17.0 Å². The number of rotatable bonds is 3. The Balaban J connectivity index is 2.36. The molecule has 2 rings (SSSR count). The molecule has 0 aromatic carbocycles. The van der Waals surface area contributed by atoms with E-state index in [0.29, 0.717) is 5.88 Å². The Kier molecular flexibility index (Phi) is 2.40. The largest absolute Gasteiger partial charge is 0.496 e. The van der Waals surface area contributed by atoms with Gasteiger partial charge in [0.05, 0.1) is 13.0 Å². The van der Waals surface area contributed by atoms with E-state index in [-0.39, 0.29) is 5.41 Å². The topological polar surface area (TPSA) is 22.1 Å². The summed E-state index contributed by atoms with van der Waals surface area (Å²) in [5.74, 6) is 1.31. The van der Waals surface area contributed by atoms with Crippen molar-refractivity contribution in [2.75, 3.05) is 7.11 Å². The Labute approximate surface area is 89.3 Å². The summed E-state index contributed by atoms with van der Waals surface area (Å²) in [5.41, 5.74) is 2.38. The predicted molar refractivity (Wildman–Crippen MR) is 56.9 cm³/mol. The lowest BCUT2D eigenvalue weighted by Crippen LogP contribution is -2.04. The maximum absolute atomic E-state index is 5.77. The summed E-state index contributed by atoms with van der Waals surface area (Å²) in [4.78, 5) is 4.43. The molecule has 1 aliphatic carbocycles. The maximum atomic E-state index is 5.77. The van der Waals surface area contributed by atoms with Crippen LogP contribution < -0.4 is 4.74 Å². The van der Waals surface area contributed by atoms with E-state index in [1.165, 1.54) is 12.8 Å². The third kappa shape index (κ3) is 1.59. The van der Waals surface area contributed by atoms with Crippen LogP contribution in [0.15, 0.2) is 12.3 Å². The zero-order valence-corrected chi connectivity index (χ0v) is 9.27. The van der Waals surface area contributed by atoms with Crippen LogP contribution in [0.3, 0.4) is 0 Å². The molecule has 76 valence electrons. The van der Waals surface area contributed by atoms with Crippen molar-refractivity contribution in [2.45, 2.75) is 31.1 Å². The van der Waals surface area contributed by atoms with Crippen LogP contribution in [0.25, 0.3) is 0 Å². The van der Waals surface area contributed by atoms with Crippen molar-refractivity contribution in [3.05, 3.63) is 23.5 Å². The second-order valence-corrected chi connectivity index (χ2v) is 4.34. The maximum Gasteiger partial charge on any atom is 0.126 e. The lowest BCUT2D eigenvalue weighted by Gasteiger charge is -2.11. The number of alkyl halides is 1. The average Bonchev–Trinajstić information content (AvgIpc) is 2.97. The van der Waals surface area contributed by atoms with Gasteiger partial charge < -0.3 is 4.74 Å². The molecule has 3 heteroatoms. The molecule has 0 radical (unpaired) electrons. The highest BCUT2D eigenvalue weighted by molar-refractivity contribution is 6.17. The number of hydrogen-bond acceptors (Lipinski definition) is 2. The van der Waals surface area contributed by atoms with Gasteiger partial charge in [-0.2, -0.15) is 0 Å². The minimum Gasteiger partial charge on any atom is -0.496 e. The average molecular weight is 212 g/mol. The van der Waals surface area contributed by atoms with Gasteiger partial charge in [0.15, 0.2) is 0 Å². The zero-order chi connectivity index (χ0) is 10.2. The number of methoxy groups -OCH3 is 1. The molecule has 0 spiro atoms. The summed E-state index contributed by atoms with van der Waals surface area (Å²) >= 11 is 5.77. The van der Waals surface area contributed by atoms with Crippen molar-refractivity contribution in [2.24, 2.45) is 0 Å². The molecule has 0 unspecified atom stereocenters. The SMILES string of the molecule is COc1cc(C2(C)CC2)ncc1CCl. The van der Waals surface area contributed by atoms with Crippen LogP contribution in [-0.2, 0) is 11.3 Å². The standard InChI is InChI=1S/C11H14ClNO/c1-11(3-4-11)10-5-9(14-2)8(6-12)7-13-10/h5,7H,3-4,6H2,1-2H3. The molecule has 0 amide bonds. The molecule has 1 aromatic heterocycles. The lowest BCUT2D eigenvalue weighted by atomic mass is 10.0. The van der Waals surface area contributed by atoms with Gasteiger partial charge in [-0.3, -0.25) is 4.98 Å². The van der Waals surface area contributed by atoms with E-state index < -0.39 is 0 Å². The highest BCUT2D eigenvalue weighted by Crippen LogP contribution is 2.47. The molecule has 1 saturated carbocycles. The first-order valence-corrected chi connectivity index (χ1v) is 5.32. The van der Waals surface area contributed by atoms with Gasteiger partial charge in [0.2, 0.25) is 0 Å². The van der Waals surface area contributed by atoms with Crippen molar-refractivity contribution in [1.29, 1.82) is 0 Å². The second kappa shape index (κ2) is 3.43. The molecule has 0 N–H and O–H groups in total. The van der Waals surface area contributed by atoms with Gasteiger partial charge in [0.25, 0.3) is 0 Å². The Hall–Kier alpha value is -0.760. The molecule has 1 heterocycles. The van der Waals surface area contributed by atoms with Crippen LogP contribution in [0.4, 0.5) is 0 Å². The minimum absolute atomic E-state index is 0.290. The van der Waals surface area contributed by atoms with Gasteiger partial charge in [0, 0.05) is 28.9 Å². The Morgan fingerprint density at radius 2 is 2.29 bits per heavy atom. The quantitative estimate of drug-likeness (QED) is 0.718. The van der Waals surface area contributed by atoms with Crippen LogP contribution in [0, 0.1) is 0 Å². The Morgan fingerprint density at radius 3 is 2.79 bits per heavy atom. The first kappa shape index (κ1) is 9.78. The highest BCUT2D eigenvalue weighted by Gasteiger charge is 2.40. The van der Waals surface area contributed by atoms with E-state index in [9.17, 15) is 0 Å². The highest BCUT2D eigenvalue weighted by atomic mass is 35.5. The van der Waals surface area contributed by atoms with Gasteiger partial charge in [-0.1, -0.05) is 6.92 Å². The van der Waals surface area contributed by atoms with Crippen molar-refractivity contribution in [1.82, 2.24) is 4.98 Å². The summed E-state index contributed by atoms with van der Waals surface area (Å²) in [6.45, 7) is 2.23. The smallest absolute Gasteiger partial charge is 0.126 e. The lowest BCUT2D eigenvalue weighted by molar-refractivity contribution is 0.409. The van der Waals surface area contributed by atoms with Crippen LogP contribution in [0.5, 0.6) is 5.75 Å². The molecule has 14 heavy (non-hydrogen) atoms. The molecule has 0 bridgehead atoms. The Morgan fingerprint density at radius 1 is 1.57 bits per heavy atom. The monoisotopic (exact) mass is 211 g/mol. The van der Waals surface area contributed by atoms with Crippen LogP contribution in [0.1, 0.15) is 31.0 Å². The Bertz CT molecular complexity index is 347. The normalized spacial score (nSPS) is 17.9. The van der Waals surface area contributed by atoms with Crippen molar-refractivity contribution >= 4 is 11.6 Å². The van der Waals surface area contributed by atoms with E-state index in [1.807, 2.05) is 12.3 Å². The van der Waals surface area contributed by atoms with E-state index in [1.54, 1.807) is 7.11 Å². The third-order valence-corrected chi connectivity index (χ3v) is 3.21. The summed E-state index contributed by atoms with van der Waals surface area (Å²) in [6, 6.07) is 2.02. The molecule has 0 aliphatic heterocycles. The molecule has 1 fully saturated rings. The number of hydrogen-bond donors (Lipinski definition) is 0. The van der Waals surface area contributed by atoms with Gasteiger partial charge >= 0.3 is 0 Å². The van der Waals surface area contributed by atoms with Gasteiger partial charge in [-0.25, -0.2) is 0 Å². The second-order valence-electron chi connectivity index (χ2n) is 4.08. The molecular weight excluding hydrogens is 198 g/mol. The molecule has 1 aromatic rings. The molecular formula is C11H14ClNO. The summed E-state index contributed by atoms with van der Waals surface area (Å²) in [6.07, 6.45) is 4.28. The third-order valence-electron chi connectivity index (χ3n) is 2.93. The van der Waals surface area contributed by atoms with Gasteiger partial charge in [-0.05, 0) is 12.8 Å². The first-order valence-electron chi connectivity index (χ1n) is 4.79. The van der Waals surface area contributed by atoms with E-state index in [2.05, 4.69) is 11.9 Å². The fourth-order valence-electron chi connectivity index (χ4n) is 1.53. The number of nitrogens with zero attached hydrogens (tertiary/aromatic N) is 1. The van der Waals surface area contributed by atoms with Crippen molar-refractivity contribution < 1.29 is 4.74 Å². The number of pyridine rings is 1. The van der Waals surface area contributed by atoms with Crippen molar-refractivity contribution in [3.8, 4) is 5.75 Å². The van der Waals surface area contributed by atoms with Crippen LogP contribution >= 0.6 is 11.6 Å². The summed E-state index contributed by atoms with van der Waals surface area (Å²) in [5, 5.41) is 0. The zero-order valence-electron chi connectivity index (χ0n) is 8.51. The van der Waals surface area contributed by atoms with E-state index in [4.69, 9.17) is 16.3 Å². The fraction of sp³-hybridized carbons (Fsp3) is 0.545. The van der Waals surface area contributed by atoms with E-state index >= 15 is 0 Å². The molecule has 1 aliphatic rings. The van der Waals surface area contributed by atoms with Crippen LogP contribution in [0.2, 0.25) is 0 Å². The molecule has 0 atom stereocenters. The minimum atomic E-state index is 0.290. The van der Waals surface area contributed by atoms with Crippen molar-refractivity contribution in [3.63, 3.8) is 0 Å². The number of aromatic nitrogens is 1. The number of halogens is 1. The van der Waals surface area contributed by atoms with Gasteiger partial charge in [-0.15, -0.1) is 11.6 Å². The predicted octanol–water partition coefficient (Wildman–Crippen LogP) is 2.88. The van der Waals surface area contributed by atoms with Crippen LogP contribution in [-0.4, -0.2) is 12.1 Å². The summed E-state index contributed by atoms with van der Waals surface area (Å²) < 4.78 is 5.28. The number of ether oxygens (including phenoxy) is 1. The van der Waals surface area contributed by atoms with Gasteiger partial charge in [0.1, 0.15) is 5.75 Å². The molecule has 2 nitrogen and oxygen atoms in total. The molecule has 0 saturated heterocycles. The first-order chi connectivity index (χ1) is 6.69. The summed E-state index contributed by atoms with van der Waals surface area (Å²) in [7, 11) is 1.67. The fourth-order valence-corrected chi connectivity index (χ4v) is 1.73.